The molecule has 0 amide bonds. The van der Waals surface area contributed by atoms with Crippen LogP contribution in [0.3, 0.4) is 0 Å². The first kappa shape index (κ1) is 17.4. The van der Waals surface area contributed by atoms with Crippen LogP contribution < -0.4 is 14.8 Å². The zero-order valence-corrected chi connectivity index (χ0v) is 14.3. The van der Waals surface area contributed by atoms with Gasteiger partial charge >= 0.3 is 0 Å². The first-order chi connectivity index (χ1) is 11.3. The number of benzene rings is 2. The van der Waals surface area contributed by atoms with Crippen molar-refractivity contribution in [3.63, 3.8) is 0 Å². The summed E-state index contributed by atoms with van der Waals surface area (Å²) in [5, 5.41) is 3.58. The number of nitrogens with one attached hydrogen (secondary N) is 1. The molecule has 0 aromatic heterocycles. The highest BCUT2D eigenvalue weighted by molar-refractivity contribution is 5.42. The van der Waals surface area contributed by atoms with Gasteiger partial charge in [0.25, 0.3) is 0 Å². The lowest BCUT2D eigenvalue weighted by atomic mass is 9.96. The lowest BCUT2D eigenvalue weighted by molar-refractivity contribution is 0.354. The van der Waals surface area contributed by atoms with Crippen LogP contribution in [0.5, 0.6) is 11.5 Å². The summed E-state index contributed by atoms with van der Waals surface area (Å²) < 4.78 is 10.6. The number of rotatable bonds is 9. The quantitative estimate of drug-likeness (QED) is 0.709. The topological polar surface area (TPSA) is 30.5 Å². The van der Waals surface area contributed by atoms with Gasteiger partial charge in [0.2, 0.25) is 0 Å². The average molecular weight is 313 g/mol. The third kappa shape index (κ3) is 5.00. The van der Waals surface area contributed by atoms with Crippen molar-refractivity contribution < 1.29 is 9.47 Å². The molecule has 0 bridgehead atoms. The van der Waals surface area contributed by atoms with Crippen LogP contribution in [0.4, 0.5) is 0 Å². The largest absolute Gasteiger partial charge is 0.493 e. The van der Waals surface area contributed by atoms with E-state index in [2.05, 4.69) is 54.7 Å². The van der Waals surface area contributed by atoms with E-state index in [1.807, 2.05) is 6.07 Å². The molecule has 0 heterocycles. The van der Waals surface area contributed by atoms with Crippen molar-refractivity contribution >= 4 is 0 Å². The maximum atomic E-state index is 5.35. The lowest BCUT2D eigenvalue weighted by Crippen LogP contribution is -2.23. The van der Waals surface area contributed by atoms with Crippen molar-refractivity contribution in [2.24, 2.45) is 0 Å². The van der Waals surface area contributed by atoms with Crippen molar-refractivity contribution in [3.05, 3.63) is 59.7 Å². The molecule has 0 spiro atoms. The zero-order valence-electron chi connectivity index (χ0n) is 14.3. The lowest BCUT2D eigenvalue weighted by Gasteiger charge is -2.16. The molecule has 2 aromatic carbocycles. The maximum Gasteiger partial charge on any atom is 0.160 e. The molecule has 1 unspecified atom stereocenters. The summed E-state index contributed by atoms with van der Waals surface area (Å²) in [5.74, 6) is 2.14. The third-order valence-electron chi connectivity index (χ3n) is 4.19. The van der Waals surface area contributed by atoms with E-state index in [0.29, 0.717) is 5.92 Å². The Balaban J connectivity index is 1.83. The molecule has 0 saturated carbocycles. The van der Waals surface area contributed by atoms with Gasteiger partial charge in [-0.15, -0.1) is 0 Å². The van der Waals surface area contributed by atoms with Gasteiger partial charge in [-0.2, -0.15) is 0 Å². The number of ether oxygens (including phenoxy) is 2. The minimum Gasteiger partial charge on any atom is -0.493 e. The maximum absolute atomic E-state index is 5.35. The van der Waals surface area contributed by atoms with Crippen LogP contribution >= 0.6 is 0 Å². The fraction of sp³-hybridized carbons (Fsp3) is 0.400. The van der Waals surface area contributed by atoms with Gasteiger partial charge in [-0.05, 0) is 48.6 Å². The number of methoxy groups -OCH3 is 2. The fourth-order valence-electron chi connectivity index (χ4n) is 2.77. The molecular formula is C20H27NO2. The first-order valence-electron chi connectivity index (χ1n) is 8.25. The SMILES string of the molecule is CCC(CNCCc1ccc(OC)c(OC)c1)c1ccccc1. The molecule has 0 saturated heterocycles. The second-order valence-corrected chi connectivity index (χ2v) is 5.66. The highest BCUT2D eigenvalue weighted by Gasteiger charge is 2.08. The van der Waals surface area contributed by atoms with Crippen LogP contribution in [0, 0.1) is 0 Å². The second-order valence-electron chi connectivity index (χ2n) is 5.66. The summed E-state index contributed by atoms with van der Waals surface area (Å²) in [6, 6.07) is 16.8. The Morgan fingerprint density at radius 3 is 2.35 bits per heavy atom. The predicted molar refractivity (Wildman–Crippen MR) is 95.6 cm³/mol. The van der Waals surface area contributed by atoms with E-state index in [0.717, 1.165) is 37.4 Å². The third-order valence-corrected chi connectivity index (χ3v) is 4.19. The highest BCUT2D eigenvalue weighted by atomic mass is 16.5. The molecule has 3 nitrogen and oxygen atoms in total. The molecule has 0 fully saturated rings. The molecule has 0 aliphatic carbocycles. The molecule has 124 valence electrons. The summed E-state index contributed by atoms with van der Waals surface area (Å²) in [6.45, 7) is 4.21. The molecule has 1 atom stereocenters. The zero-order chi connectivity index (χ0) is 16.5. The van der Waals surface area contributed by atoms with Gasteiger partial charge < -0.3 is 14.8 Å². The van der Waals surface area contributed by atoms with Gasteiger partial charge in [0.15, 0.2) is 11.5 Å². The Kier molecular flexibility index (Phi) is 6.95. The molecule has 23 heavy (non-hydrogen) atoms. The predicted octanol–water partition coefficient (Wildman–Crippen LogP) is 4.03. The van der Waals surface area contributed by atoms with Crippen LogP contribution in [0.2, 0.25) is 0 Å². The minimum atomic E-state index is 0.571. The normalized spacial score (nSPS) is 12.0. The molecule has 0 radical (unpaired) electrons. The standard InChI is InChI=1S/C20H27NO2/c1-4-17(18-8-6-5-7-9-18)15-21-13-12-16-10-11-19(22-2)20(14-16)23-3/h5-11,14,17,21H,4,12-13,15H2,1-3H3. The summed E-state index contributed by atoms with van der Waals surface area (Å²) in [7, 11) is 3.33. The van der Waals surface area contributed by atoms with Gasteiger partial charge in [-0.3, -0.25) is 0 Å². The van der Waals surface area contributed by atoms with E-state index in [9.17, 15) is 0 Å². The van der Waals surface area contributed by atoms with Crippen molar-refractivity contribution in [3.8, 4) is 11.5 Å². The number of hydrogen-bond donors (Lipinski definition) is 1. The van der Waals surface area contributed by atoms with Gasteiger partial charge in [-0.25, -0.2) is 0 Å². The van der Waals surface area contributed by atoms with Crippen LogP contribution in [0.15, 0.2) is 48.5 Å². The Morgan fingerprint density at radius 2 is 1.70 bits per heavy atom. The summed E-state index contributed by atoms with van der Waals surface area (Å²) in [5.41, 5.74) is 2.66. The molecule has 3 heteroatoms. The van der Waals surface area contributed by atoms with Crippen molar-refractivity contribution in [2.75, 3.05) is 27.3 Å². The van der Waals surface area contributed by atoms with Gasteiger partial charge in [0.05, 0.1) is 14.2 Å². The van der Waals surface area contributed by atoms with E-state index in [1.165, 1.54) is 11.1 Å². The summed E-state index contributed by atoms with van der Waals surface area (Å²) in [6.07, 6.45) is 2.12. The van der Waals surface area contributed by atoms with Crippen molar-refractivity contribution in [1.82, 2.24) is 5.32 Å². The Bertz CT molecular complexity index is 583. The van der Waals surface area contributed by atoms with Gasteiger partial charge in [0, 0.05) is 6.54 Å². The van der Waals surface area contributed by atoms with Crippen molar-refractivity contribution in [2.45, 2.75) is 25.7 Å². The molecule has 2 rings (SSSR count). The fourth-order valence-corrected chi connectivity index (χ4v) is 2.77. The van der Waals surface area contributed by atoms with Crippen LogP contribution in [0.1, 0.15) is 30.4 Å². The van der Waals surface area contributed by atoms with Gasteiger partial charge in [0.1, 0.15) is 0 Å². The first-order valence-corrected chi connectivity index (χ1v) is 8.25. The van der Waals surface area contributed by atoms with E-state index in [1.54, 1.807) is 14.2 Å². The Labute approximate surface area is 139 Å². The number of hydrogen-bond acceptors (Lipinski definition) is 3. The van der Waals surface area contributed by atoms with Crippen LogP contribution in [0.25, 0.3) is 0 Å². The van der Waals surface area contributed by atoms with E-state index < -0.39 is 0 Å². The smallest absolute Gasteiger partial charge is 0.160 e. The minimum absolute atomic E-state index is 0.571. The van der Waals surface area contributed by atoms with Crippen molar-refractivity contribution in [1.29, 1.82) is 0 Å². The Hall–Kier alpha value is -2.00. The second kappa shape index (κ2) is 9.21. The highest BCUT2D eigenvalue weighted by Crippen LogP contribution is 2.27. The van der Waals surface area contributed by atoms with Crippen LogP contribution in [-0.2, 0) is 6.42 Å². The van der Waals surface area contributed by atoms with Crippen LogP contribution in [-0.4, -0.2) is 27.3 Å². The summed E-state index contributed by atoms with van der Waals surface area (Å²) >= 11 is 0. The van der Waals surface area contributed by atoms with E-state index in [-0.39, 0.29) is 0 Å². The van der Waals surface area contributed by atoms with E-state index in [4.69, 9.17) is 9.47 Å². The molecular weight excluding hydrogens is 286 g/mol. The molecule has 1 N–H and O–H groups in total. The van der Waals surface area contributed by atoms with E-state index >= 15 is 0 Å². The van der Waals surface area contributed by atoms with Gasteiger partial charge in [-0.1, -0.05) is 43.3 Å². The Morgan fingerprint density at radius 1 is 0.957 bits per heavy atom. The molecule has 2 aromatic rings. The molecule has 0 aliphatic heterocycles. The average Bonchev–Trinajstić information content (AvgIpc) is 2.62. The summed E-state index contributed by atoms with van der Waals surface area (Å²) in [4.78, 5) is 0. The molecule has 0 aliphatic rings. The monoisotopic (exact) mass is 313 g/mol.